The first-order valence-corrected chi connectivity index (χ1v) is 11.8. The molecule has 0 amide bonds. The highest BCUT2D eigenvalue weighted by Gasteiger charge is 2.37. The molecule has 4 heteroatoms. The predicted octanol–water partition coefficient (Wildman–Crippen LogP) is 4.18. The number of benzene rings is 2. The average Bonchev–Trinajstić information content (AvgIpc) is 2.80. The van der Waals surface area contributed by atoms with Crippen LogP contribution in [0.1, 0.15) is 30.9 Å². The van der Waals surface area contributed by atoms with Crippen molar-refractivity contribution in [2.24, 2.45) is 5.92 Å². The highest BCUT2D eigenvalue weighted by molar-refractivity contribution is 5.87. The molecule has 0 aliphatic carbocycles. The van der Waals surface area contributed by atoms with Gasteiger partial charge in [-0.1, -0.05) is 36.4 Å². The van der Waals surface area contributed by atoms with Gasteiger partial charge in [-0.3, -0.25) is 9.69 Å². The van der Waals surface area contributed by atoms with Crippen LogP contribution in [0.5, 0.6) is 0 Å². The lowest BCUT2D eigenvalue weighted by atomic mass is 9.81. The highest BCUT2D eigenvalue weighted by atomic mass is 16.1. The van der Waals surface area contributed by atoms with Crippen molar-refractivity contribution in [1.82, 2.24) is 14.4 Å². The normalized spacial score (nSPS) is 24.9. The van der Waals surface area contributed by atoms with Crippen LogP contribution < -0.4 is 5.56 Å². The maximum absolute atomic E-state index is 13.5. The second-order valence-corrected chi connectivity index (χ2v) is 9.94. The Hall–Kier alpha value is -2.43. The van der Waals surface area contributed by atoms with Crippen molar-refractivity contribution < 1.29 is 0 Å². The van der Waals surface area contributed by atoms with Crippen LogP contribution in [-0.2, 0) is 6.54 Å². The molecule has 3 aromatic rings. The first-order valence-electron chi connectivity index (χ1n) is 11.8. The number of hydrogen-bond donors (Lipinski definition) is 0. The molecule has 31 heavy (non-hydrogen) atoms. The summed E-state index contributed by atoms with van der Waals surface area (Å²) in [5.41, 5.74) is 3.31. The highest BCUT2D eigenvalue weighted by Crippen LogP contribution is 2.37. The first-order chi connectivity index (χ1) is 15.2. The van der Waals surface area contributed by atoms with Crippen molar-refractivity contribution in [3.63, 3.8) is 0 Å². The summed E-state index contributed by atoms with van der Waals surface area (Å²) >= 11 is 0. The summed E-state index contributed by atoms with van der Waals surface area (Å²) in [5, 5.41) is 2.40. The second kappa shape index (κ2) is 7.61. The van der Waals surface area contributed by atoms with E-state index in [1.807, 2.05) is 0 Å². The fourth-order valence-electron chi connectivity index (χ4n) is 6.22. The fourth-order valence-corrected chi connectivity index (χ4v) is 6.22. The number of pyridine rings is 1. The number of piperidine rings is 2. The average molecular weight is 414 g/mol. The minimum Gasteiger partial charge on any atom is -0.311 e. The van der Waals surface area contributed by atoms with Gasteiger partial charge in [0.15, 0.2) is 0 Å². The Morgan fingerprint density at radius 1 is 0.871 bits per heavy atom. The molecule has 0 radical (unpaired) electrons. The molecule has 2 bridgehead atoms. The van der Waals surface area contributed by atoms with Gasteiger partial charge < -0.3 is 9.47 Å². The summed E-state index contributed by atoms with van der Waals surface area (Å²) in [5.74, 6) is 1.08. The van der Waals surface area contributed by atoms with Crippen LogP contribution in [0.3, 0.4) is 0 Å². The van der Waals surface area contributed by atoms with Crippen LogP contribution in [0.15, 0.2) is 59.4 Å². The van der Waals surface area contributed by atoms with Crippen LogP contribution in [-0.4, -0.2) is 53.6 Å². The lowest BCUT2D eigenvalue weighted by Crippen LogP contribution is -2.53. The molecule has 0 N–H and O–H groups in total. The smallest absolute Gasteiger partial charge is 0.258 e. The third-order valence-corrected chi connectivity index (χ3v) is 7.90. The molecule has 0 saturated carbocycles. The van der Waals surface area contributed by atoms with Crippen molar-refractivity contribution in [2.45, 2.75) is 37.8 Å². The van der Waals surface area contributed by atoms with Crippen molar-refractivity contribution in [3.05, 3.63) is 70.6 Å². The van der Waals surface area contributed by atoms with Gasteiger partial charge in [0.05, 0.1) is 0 Å². The minimum absolute atomic E-state index is 0.190. The van der Waals surface area contributed by atoms with Crippen LogP contribution >= 0.6 is 0 Å². The van der Waals surface area contributed by atoms with Gasteiger partial charge in [-0.15, -0.1) is 0 Å². The molecule has 2 saturated heterocycles. The molecule has 2 fully saturated rings. The molecular formula is C27H31N3O. The van der Waals surface area contributed by atoms with Gasteiger partial charge in [0.1, 0.15) is 0 Å². The standard InChI is InChI=1S/C27H31N3O/c1-28-12-10-24(11-13-28)29-16-19-14-23(18-29)26-9-8-25(27(31)30(26)17-19)22-7-6-20-4-2-3-5-21(20)15-22/h2-9,15,19,23-24H,10-14,16-18H2,1H3/t19-,23-/m1/s1. The van der Waals surface area contributed by atoms with Gasteiger partial charge in [0, 0.05) is 42.9 Å². The summed E-state index contributed by atoms with van der Waals surface area (Å²) in [6.45, 7) is 5.55. The van der Waals surface area contributed by atoms with E-state index in [0.29, 0.717) is 11.8 Å². The number of nitrogens with zero attached hydrogens (tertiary/aromatic N) is 3. The van der Waals surface area contributed by atoms with E-state index in [1.54, 1.807) is 0 Å². The third kappa shape index (κ3) is 3.42. The van der Waals surface area contributed by atoms with Crippen LogP contribution in [0, 0.1) is 5.92 Å². The Morgan fingerprint density at radius 3 is 2.52 bits per heavy atom. The number of aromatic nitrogens is 1. The number of fused-ring (bicyclic) bond motifs is 5. The predicted molar refractivity (Wildman–Crippen MR) is 127 cm³/mol. The van der Waals surface area contributed by atoms with Crippen molar-refractivity contribution in [1.29, 1.82) is 0 Å². The molecule has 0 unspecified atom stereocenters. The zero-order chi connectivity index (χ0) is 20.9. The van der Waals surface area contributed by atoms with E-state index in [0.717, 1.165) is 36.8 Å². The molecular weight excluding hydrogens is 382 g/mol. The van der Waals surface area contributed by atoms with E-state index in [-0.39, 0.29) is 5.56 Å². The molecule has 4 heterocycles. The summed E-state index contributed by atoms with van der Waals surface area (Å²) in [7, 11) is 2.23. The summed E-state index contributed by atoms with van der Waals surface area (Å²) < 4.78 is 2.11. The number of hydrogen-bond acceptors (Lipinski definition) is 3. The lowest BCUT2D eigenvalue weighted by Gasteiger charge is -2.47. The maximum Gasteiger partial charge on any atom is 0.258 e. The Kier molecular flexibility index (Phi) is 4.73. The topological polar surface area (TPSA) is 28.5 Å². The largest absolute Gasteiger partial charge is 0.311 e. The summed E-state index contributed by atoms with van der Waals surface area (Å²) in [6, 6.07) is 19.8. The SMILES string of the molecule is CN1CCC(N2C[C@H]3C[C@H](C2)c2ccc(-c4ccc5ccccc5c4)c(=O)n2C3)CC1. The Balaban J connectivity index is 1.31. The van der Waals surface area contributed by atoms with Gasteiger partial charge >= 0.3 is 0 Å². The summed E-state index contributed by atoms with van der Waals surface area (Å²) in [4.78, 5) is 18.7. The molecule has 2 atom stereocenters. The molecule has 6 rings (SSSR count). The molecule has 3 aliphatic heterocycles. The van der Waals surface area contributed by atoms with Gasteiger partial charge in [0.25, 0.3) is 5.56 Å². The van der Waals surface area contributed by atoms with Gasteiger partial charge in [0.2, 0.25) is 0 Å². The van der Waals surface area contributed by atoms with Gasteiger partial charge in [-0.2, -0.15) is 0 Å². The molecule has 1 aromatic heterocycles. The first kappa shape index (κ1) is 19.3. The van der Waals surface area contributed by atoms with E-state index in [2.05, 4.69) is 76.0 Å². The summed E-state index contributed by atoms with van der Waals surface area (Å²) in [6.07, 6.45) is 3.80. The van der Waals surface area contributed by atoms with E-state index >= 15 is 0 Å². The lowest BCUT2D eigenvalue weighted by molar-refractivity contribution is 0.0517. The van der Waals surface area contributed by atoms with E-state index in [1.165, 1.54) is 48.8 Å². The van der Waals surface area contributed by atoms with Crippen LogP contribution in [0.25, 0.3) is 21.9 Å². The van der Waals surface area contributed by atoms with Crippen molar-refractivity contribution >= 4 is 10.8 Å². The molecule has 2 aromatic carbocycles. The molecule has 4 nitrogen and oxygen atoms in total. The van der Waals surface area contributed by atoms with Gasteiger partial charge in [-0.25, -0.2) is 0 Å². The Morgan fingerprint density at radius 2 is 1.68 bits per heavy atom. The maximum atomic E-state index is 13.5. The van der Waals surface area contributed by atoms with E-state index < -0.39 is 0 Å². The number of rotatable bonds is 2. The van der Waals surface area contributed by atoms with Crippen molar-refractivity contribution in [3.8, 4) is 11.1 Å². The zero-order valence-corrected chi connectivity index (χ0v) is 18.3. The van der Waals surface area contributed by atoms with Crippen molar-refractivity contribution in [2.75, 3.05) is 33.2 Å². The van der Waals surface area contributed by atoms with E-state index in [4.69, 9.17) is 0 Å². The minimum atomic E-state index is 0.190. The zero-order valence-electron chi connectivity index (χ0n) is 18.3. The molecule has 0 spiro atoms. The monoisotopic (exact) mass is 413 g/mol. The van der Waals surface area contributed by atoms with Crippen LogP contribution in [0.2, 0.25) is 0 Å². The molecule has 3 aliphatic rings. The third-order valence-electron chi connectivity index (χ3n) is 7.90. The quantitative estimate of drug-likeness (QED) is 0.631. The fraction of sp³-hybridized carbons (Fsp3) is 0.444. The van der Waals surface area contributed by atoms with E-state index in [9.17, 15) is 4.79 Å². The second-order valence-electron chi connectivity index (χ2n) is 9.94. The Labute approximate surface area is 184 Å². The number of likely N-dealkylation sites (tertiary alicyclic amines) is 2. The van der Waals surface area contributed by atoms with Crippen LogP contribution in [0.4, 0.5) is 0 Å². The Bertz CT molecular complexity index is 1170. The van der Waals surface area contributed by atoms with Gasteiger partial charge in [-0.05, 0) is 79.9 Å². The molecule has 160 valence electrons.